The van der Waals surface area contributed by atoms with Crippen molar-refractivity contribution in [3.63, 3.8) is 0 Å². The molecule has 0 saturated carbocycles. The highest BCUT2D eigenvalue weighted by molar-refractivity contribution is 6.29. The standard InChI is InChI=1S/C10H13ClN2O3/c1-3-4-7(16-2)9-12-6(10(14)15)5-8(11)13-9/h5,7H,3-4H2,1-2H3,(H,14,15). The number of hydrogen-bond donors (Lipinski definition) is 1. The Labute approximate surface area is 98.4 Å². The summed E-state index contributed by atoms with van der Waals surface area (Å²) >= 11 is 5.73. The van der Waals surface area contributed by atoms with E-state index >= 15 is 0 Å². The molecule has 1 N–H and O–H groups in total. The molecule has 1 atom stereocenters. The van der Waals surface area contributed by atoms with Gasteiger partial charge in [-0.1, -0.05) is 24.9 Å². The van der Waals surface area contributed by atoms with Gasteiger partial charge in [0.15, 0.2) is 11.5 Å². The number of aromatic nitrogens is 2. The largest absolute Gasteiger partial charge is 0.477 e. The first-order valence-electron chi connectivity index (χ1n) is 4.89. The summed E-state index contributed by atoms with van der Waals surface area (Å²) in [5.41, 5.74) is -0.117. The predicted octanol–water partition coefficient (Wildman–Crippen LogP) is 2.32. The number of ether oxygens (including phenoxy) is 1. The lowest BCUT2D eigenvalue weighted by atomic mass is 10.2. The normalized spacial score (nSPS) is 12.4. The van der Waals surface area contributed by atoms with Crippen LogP contribution in [-0.4, -0.2) is 28.2 Å². The molecule has 1 unspecified atom stereocenters. The van der Waals surface area contributed by atoms with E-state index in [1.807, 2.05) is 6.92 Å². The van der Waals surface area contributed by atoms with Gasteiger partial charge < -0.3 is 9.84 Å². The Balaban J connectivity index is 3.07. The molecule has 16 heavy (non-hydrogen) atoms. The van der Waals surface area contributed by atoms with E-state index in [9.17, 15) is 4.79 Å². The van der Waals surface area contributed by atoms with Crippen molar-refractivity contribution in [2.24, 2.45) is 0 Å². The molecule has 1 rings (SSSR count). The zero-order valence-corrected chi connectivity index (χ0v) is 9.86. The maximum Gasteiger partial charge on any atom is 0.354 e. The van der Waals surface area contributed by atoms with Gasteiger partial charge in [0.05, 0.1) is 0 Å². The van der Waals surface area contributed by atoms with Gasteiger partial charge in [0.2, 0.25) is 0 Å². The zero-order valence-electron chi connectivity index (χ0n) is 9.11. The third kappa shape index (κ3) is 3.15. The Morgan fingerprint density at radius 1 is 1.62 bits per heavy atom. The van der Waals surface area contributed by atoms with E-state index in [-0.39, 0.29) is 17.0 Å². The average Bonchev–Trinajstić information content (AvgIpc) is 2.24. The Morgan fingerprint density at radius 2 is 2.31 bits per heavy atom. The van der Waals surface area contributed by atoms with Crippen LogP contribution in [0.25, 0.3) is 0 Å². The van der Waals surface area contributed by atoms with Crippen molar-refractivity contribution in [3.05, 3.63) is 22.7 Å². The Morgan fingerprint density at radius 3 is 2.81 bits per heavy atom. The highest BCUT2D eigenvalue weighted by Gasteiger charge is 2.16. The highest BCUT2D eigenvalue weighted by Crippen LogP contribution is 2.20. The molecule has 1 heterocycles. The van der Waals surface area contributed by atoms with Gasteiger partial charge in [-0.15, -0.1) is 0 Å². The second kappa shape index (κ2) is 5.77. The molecule has 88 valence electrons. The fraction of sp³-hybridized carbons (Fsp3) is 0.500. The first-order chi connectivity index (χ1) is 7.58. The number of hydrogen-bond acceptors (Lipinski definition) is 4. The number of carbonyl (C=O) groups is 1. The Kier molecular flexibility index (Phi) is 4.64. The number of nitrogens with zero attached hydrogens (tertiary/aromatic N) is 2. The maximum absolute atomic E-state index is 10.8. The number of methoxy groups -OCH3 is 1. The molecule has 0 saturated heterocycles. The van der Waals surface area contributed by atoms with Crippen molar-refractivity contribution in [2.45, 2.75) is 25.9 Å². The third-order valence-electron chi connectivity index (χ3n) is 2.05. The van der Waals surface area contributed by atoms with Crippen molar-refractivity contribution < 1.29 is 14.6 Å². The molecule has 0 spiro atoms. The molecule has 1 aromatic rings. The van der Waals surface area contributed by atoms with Gasteiger partial charge in [-0.05, 0) is 6.42 Å². The zero-order chi connectivity index (χ0) is 12.1. The van der Waals surface area contributed by atoms with Gasteiger partial charge in [-0.3, -0.25) is 0 Å². The number of carboxylic acids is 1. The molecule has 0 aliphatic heterocycles. The average molecular weight is 245 g/mol. The Hall–Kier alpha value is -1.20. The van der Waals surface area contributed by atoms with Crippen molar-refractivity contribution in [1.82, 2.24) is 9.97 Å². The summed E-state index contributed by atoms with van der Waals surface area (Å²) in [7, 11) is 1.53. The van der Waals surface area contributed by atoms with Gasteiger partial charge in [-0.2, -0.15) is 0 Å². The van der Waals surface area contributed by atoms with E-state index < -0.39 is 5.97 Å². The number of rotatable bonds is 5. The second-order valence-electron chi connectivity index (χ2n) is 3.25. The molecule has 0 aromatic carbocycles. The Bertz CT molecular complexity index is 384. The second-order valence-corrected chi connectivity index (χ2v) is 3.64. The van der Waals surface area contributed by atoms with Crippen molar-refractivity contribution in [2.75, 3.05) is 7.11 Å². The van der Waals surface area contributed by atoms with Crippen molar-refractivity contribution in [3.8, 4) is 0 Å². The summed E-state index contributed by atoms with van der Waals surface area (Å²) in [6.45, 7) is 1.99. The minimum atomic E-state index is -1.13. The molecule has 5 nitrogen and oxygen atoms in total. The topological polar surface area (TPSA) is 72.3 Å². The minimum Gasteiger partial charge on any atom is -0.477 e. The lowest BCUT2D eigenvalue weighted by Gasteiger charge is -2.13. The minimum absolute atomic E-state index is 0.112. The highest BCUT2D eigenvalue weighted by atomic mass is 35.5. The third-order valence-corrected chi connectivity index (χ3v) is 2.25. The van der Waals surface area contributed by atoms with Gasteiger partial charge in [0, 0.05) is 13.2 Å². The van der Waals surface area contributed by atoms with Crippen LogP contribution in [0.4, 0.5) is 0 Å². The van der Waals surface area contributed by atoms with Crippen LogP contribution in [0.2, 0.25) is 5.15 Å². The molecule has 0 amide bonds. The van der Waals surface area contributed by atoms with Gasteiger partial charge in [0.25, 0.3) is 0 Å². The SMILES string of the molecule is CCCC(OC)c1nc(Cl)cc(C(=O)O)n1. The van der Waals surface area contributed by atoms with Crippen LogP contribution in [0.3, 0.4) is 0 Å². The molecular formula is C10H13ClN2O3. The van der Waals surface area contributed by atoms with Crippen LogP contribution in [0, 0.1) is 0 Å². The molecule has 0 aliphatic carbocycles. The molecule has 0 bridgehead atoms. The lowest BCUT2D eigenvalue weighted by Crippen LogP contribution is -2.11. The van der Waals surface area contributed by atoms with E-state index in [0.29, 0.717) is 5.82 Å². The first-order valence-corrected chi connectivity index (χ1v) is 5.26. The molecular weight excluding hydrogens is 232 g/mol. The van der Waals surface area contributed by atoms with Crippen LogP contribution >= 0.6 is 11.6 Å². The predicted molar refractivity (Wildman–Crippen MR) is 58.7 cm³/mol. The summed E-state index contributed by atoms with van der Waals surface area (Å²) in [4.78, 5) is 18.7. The van der Waals surface area contributed by atoms with E-state index in [1.54, 1.807) is 0 Å². The van der Waals surface area contributed by atoms with Crippen LogP contribution < -0.4 is 0 Å². The summed E-state index contributed by atoms with van der Waals surface area (Å²) in [6, 6.07) is 1.21. The number of carboxylic acid groups (broad SMARTS) is 1. The summed E-state index contributed by atoms with van der Waals surface area (Å²) in [5.74, 6) is -0.814. The summed E-state index contributed by atoms with van der Waals surface area (Å²) < 4.78 is 5.19. The fourth-order valence-corrected chi connectivity index (χ4v) is 1.49. The first kappa shape index (κ1) is 12.9. The smallest absolute Gasteiger partial charge is 0.354 e. The van der Waals surface area contributed by atoms with E-state index in [4.69, 9.17) is 21.4 Å². The molecule has 0 fully saturated rings. The maximum atomic E-state index is 10.8. The van der Waals surface area contributed by atoms with Gasteiger partial charge in [-0.25, -0.2) is 14.8 Å². The lowest BCUT2D eigenvalue weighted by molar-refractivity contribution is 0.0683. The molecule has 1 aromatic heterocycles. The monoisotopic (exact) mass is 244 g/mol. The van der Waals surface area contributed by atoms with Gasteiger partial charge >= 0.3 is 5.97 Å². The van der Waals surface area contributed by atoms with Crippen molar-refractivity contribution in [1.29, 1.82) is 0 Å². The van der Waals surface area contributed by atoms with Crippen LogP contribution in [0.15, 0.2) is 6.07 Å². The van der Waals surface area contributed by atoms with E-state index in [0.717, 1.165) is 12.8 Å². The van der Waals surface area contributed by atoms with E-state index in [2.05, 4.69) is 9.97 Å². The quantitative estimate of drug-likeness (QED) is 0.805. The number of halogens is 1. The van der Waals surface area contributed by atoms with Crippen LogP contribution in [0.5, 0.6) is 0 Å². The molecule has 0 radical (unpaired) electrons. The van der Waals surface area contributed by atoms with Crippen LogP contribution in [-0.2, 0) is 4.74 Å². The van der Waals surface area contributed by atoms with E-state index in [1.165, 1.54) is 13.2 Å². The fourth-order valence-electron chi connectivity index (χ4n) is 1.30. The molecule has 6 heteroatoms. The molecule has 0 aliphatic rings. The summed E-state index contributed by atoms with van der Waals surface area (Å²) in [5, 5.41) is 8.94. The van der Waals surface area contributed by atoms with Crippen LogP contribution in [0.1, 0.15) is 42.2 Å². The number of aromatic carboxylic acids is 1. The summed E-state index contributed by atoms with van der Waals surface area (Å²) in [6.07, 6.45) is 1.29. The van der Waals surface area contributed by atoms with Gasteiger partial charge in [0.1, 0.15) is 11.3 Å². The van der Waals surface area contributed by atoms with Crippen molar-refractivity contribution >= 4 is 17.6 Å².